The summed E-state index contributed by atoms with van der Waals surface area (Å²) in [6.07, 6.45) is 5.90. The smallest absolute Gasteiger partial charge is 0.277 e. The summed E-state index contributed by atoms with van der Waals surface area (Å²) < 4.78 is 11.1. The topological polar surface area (TPSA) is 64.1 Å². The molecule has 1 saturated heterocycles. The molecule has 1 atom stereocenters. The molecular formula is C21H24ClN3O4. The first kappa shape index (κ1) is 21.0. The van der Waals surface area contributed by atoms with Gasteiger partial charge in [-0.1, -0.05) is 11.6 Å². The molecule has 0 radical (unpaired) electrons. The second-order valence-corrected chi connectivity index (χ2v) is 6.97. The molecule has 7 nitrogen and oxygen atoms in total. The third-order valence-corrected chi connectivity index (χ3v) is 4.99. The van der Waals surface area contributed by atoms with Crippen molar-refractivity contribution in [3.63, 3.8) is 0 Å². The van der Waals surface area contributed by atoms with Gasteiger partial charge in [-0.3, -0.25) is 9.63 Å². The lowest BCUT2D eigenvalue weighted by Crippen LogP contribution is -2.27. The number of nitrogens with zero attached hydrogens (tertiary/aromatic N) is 3. The molecular weight excluding hydrogens is 394 g/mol. The van der Waals surface area contributed by atoms with Crippen molar-refractivity contribution in [1.29, 1.82) is 0 Å². The number of ether oxygens (including phenoxy) is 2. The van der Waals surface area contributed by atoms with Gasteiger partial charge in [0.25, 0.3) is 5.91 Å². The standard InChI is InChI=1S/C21H24ClN3O4/c1-24(28-3)21(26)16-6-7-19(15(13-16)9-12-27-2)25-11-8-17(14-25)29-20-18(22)5-4-10-23-20/h4-7,9-10,12-13,17H,8,11,14H2,1-3H3. The Labute approximate surface area is 175 Å². The minimum atomic E-state index is -0.224. The highest BCUT2D eigenvalue weighted by molar-refractivity contribution is 6.31. The van der Waals surface area contributed by atoms with Crippen LogP contribution < -0.4 is 9.64 Å². The van der Waals surface area contributed by atoms with E-state index in [9.17, 15) is 4.79 Å². The van der Waals surface area contributed by atoms with E-state index in [2.05, 4.69) is 9.88 Å². The average molecular weight is 418 g/mol. The molecule has 1 aliphatic heterocycles. The molecule has 2 heterocycles. The summed E-state index contributed by atoms with van der Waals surface area (Å²) in [6, 6.07) is 9.08. The van der Waals surface area contributed by atoms with E-state index < -0.39 is 0 Å². The van der Waals surface area contributed by atoms with E-state index in [0.717, 1.165) is 24.2 Å². The van der Waals surface area contributed by atoms with Crippen molar-refractivity contribution in [3.8, 4) is 5.88 Å². The second kappa shape index (κ2) is 9.62. The molecule has 154 valence electrons. The van der Waals surface area contributed by atoms with Crippen LogP contribution in [0.1, 0.15) is 22.3 Å². The molecule has 1 aromatic carbocycles. The summed E-state index contributed by atoms with van der Waals surface area (Å²) in [7, 11) is 4.61. The monoisotopic (exact) mass is 417 g/mol. The Hall–Kier alpha value is -2.77. The van der Waals surface area contributed by atoms with Gasteiger partial charge in [-0.2, -0.15) is 0 Å². The summed E-state index contributed by atoms with van der Waals surface area (Å²) in [5.74, 6) is 0.225. The van der Waals surface area contributed by atoms with Crippen molar-refractivity contribution in [1.82, 2.24) is 10.0 Å². The zero-order valence-corrected chi connectivity index (χ0v) is 17.4. The number of hydrogen-bond acceptors (Lipinski definition) is 6. The van der Waals surface area contributed by atoms with Gasteiger partial charge in [-0.15, -0.1) is 0 Å². The predicted molar refractivity (Wildman–Crippen MR) is 112 cm³/mol. The number of aromatic nitrogens is 1. The number of hydroxylamine groups is 2. The number of carbonyl (C=O) groups excluding carboxylic acids is 1. The van der Waals surface area contributed by atoms with Crippen LogP contribution in [0.15, 0.2) is 42.8 Å². The maximum atomic E-state index is 12.4. The van der Waals surface area contributed by atoms with Crippen molar-refractivity contribution in [3.05, 3.63) is 58.9 Å². The van der Waals surface area contributed by atoms with Gasteiger partial charge in [0, 0.05) is 43.0 Å². The summed E-state index contributed by atoms with van der Waals surface area (Å²) in [4.78, 5) is 23.8. The van der Waals surface area contributed by atoms with Crippen LogP contribution in [0, 0.1) is 0 Å². The van der Waals surface area contributed by atoms with Crippen LogP contribution in [-0.2, 0) is 9.57 Å². The summed E-state index contributed by atoms with van der Waals surface area (Å²) in [5.41, 5.74) is 2.40. The molecule has 2 aromatic rings. The summed E-state index contributed by atoms with van der Waals surface area (Å²) >= 11 is 6.15. The first-order chi connectivity index (χ1) is 14.0. The molecule has 29 heavy (non-hydrogen) atoms. The fourth-order valence-corrected chi connectivity index (χ4v) is 3.34. The Morgan fingerprint density at radius 2 is 2.17 bits per heavy atom. The number of hydrogen-bond donors (Lipinski definition) is 0. The van der Waals surface area contributed by atoms with Crippen LogP contribution >= 0.6 is 11.6 Å². The van der Waals surface area contributed by atoms with Crippen LogP contribution in [0.4, 0.5) is 5.69 Å². The molecule has 1 amide bonds. The summed E-state index contributed by atoms with van der Waals surface area (Å²) in [5, 5.41) is 1.69. The van der Waals surface area contributed by atoms with Crippen LogP contribution in [0.3, 0.4) is 0 Å². The molecule has 0 N–H and O–H groups in total. The quantitative estimate of drug-likeness (QED) is 0.506. The normalized spacial score (nSPS) is 16.3. The Morgan fingerprint density at radius 3 is 2.90 bits per heavy atom. The van der Waals surface area contributed by atoms with Gasteiger partial charge in [-0.25, -0.2) is 10.0 Å². The van der Waals surface area contributed by atoms with Crippen LogP contribution in [-0.4, -0.2) is 56.4 Å². The zero-order valence-electron chi connectivity index (χ0n) is 16.7. The molecule has 1 aromatic heterocycles. The van der Waals surface area contributed by atoms with Crippen molar-refractivity contribution < 1.29 is 19.1 Å². The van der Waals surface area contributed by atoms with Crippen molar-refractivity contribution in [2.24, 2.45) is 0 Å². The number of anilines is 1. The van der Waals surface area contributed by atoms with Gasteiger partial charge in [0.05, 0.1) is 27.0 Å². The number of pyridine rings is 1. The van der Waals surface area contributed by atoms with Crippen molar-refractivity contribution in [2.45, 2.75) is 12.5 Å². The predicted octanol–water partition coefficient (Wildman–Crippen LogP) is 3.64. The number of halogens is 1. The lowest BCUT2D eigenvalue weighted by molar-refractivity contribution is -0.0756. The Morgan fingerprint density at radius 1 is 1.34 bits per heavy atom. The van der Waals surface area contributed by atoms with E-state index in [1.807, 2.05) is 18.2 Å². The maximum absolute atomic E-state index is 12.4. The number of rotatable bonds is 7. The van der Waals surface area contributed by atoms with Gasteiger partial charge in [0.1, 0.15) is 11.1 Å². The Balaban J connectivity index is 1.79. The molecule has 0 aliphatic carbocycles. The molecule has 1 unspecified atom stereocenters. The summed E-state index contributed by atoms with van der Waals surface area (Å²) in [6.45, 7) is 1.50. The molecule has 1 fully saturated rings. The number of methoxy groups -OCH3 is 1. The van der Waals surface area contributed by atoms with Gasteiger partial charge < -0.3 is 14.4 Å². The van der Waals surface area contributed by atoms with E-state index in [1.54, 1.807) is 44.8 Å². The maximum Gasteiger partial charge on any atom is 0.277 e. The van der Waals surface area contributed by atoms with E-state index in [1.165, 1.54) is 12.2 Å². The minimum absolute atomic E-state index is 0.0254. The largest absolute Gasteiger partial charge is 0.504 e. The molecule has 8 heteroatoms. The van der Waals surface area contributed by atoms with Gasteiger partial charge in [-0.05, 0) is 36.4 Å². The first-order valence-corrected chi connectivity index (χ1v) is 9.59. The SMILES string of the molecule is COC=Cc1cc(C(=O)N(C)OC)ccc1N1CCC(Oc2ncccc2Cl)C1. The van der Waals surface area contributed by atoms with Crippen LogP contribution in [0.25, 0.3) is 6.08 Å². The fourth-order valence-electron chi connectivity index (χ4n) is 3.17. The Bertz CT molecular complexity index is 890. The first-order valence-electron chi connectivity index (χ1n) is 9.21. The lowest BCUT2D eigenvalue weighted by atomic mass is 10.1. The van der Waals surface area contributed by atoms with Gasteiger partial charge in [0.15, 0.2) is 0 Å². The highest BCUT2D eigenvalue weighted by atomic mass is 35.5. The van der Waals surface area contributed by atoms with E-state index in [-0.39, 0.29) is 12.0 Å². The average Bonchev–Trinajstić information content (AvgIpc) is 3.20. The number of benzene rings is 1. The molecule has 0 bridgehead atoms. The molecule has 0 spiro atoms. The van der Waals surface area contributed by atoms with E-state index >= 15 is 0 Å². The van der Waals surface area contributed by atoms with Crippen molar-refractivity contribution in [2.75, 3.05) is 39.3 Å². The van der Waals surface area contributed by atoms with Gasteiger partial charge >= 0.3 is 0 Å². The van der Waals surface area contributed by atoms with E-state index in [0.29, 0.717) is 23.0 Å². The highest BCUT2D eigenvalue weighted by Gasteiger charge is 2.27. The molecule has 3 rings (SSSR count). The van der Waals surface area contributed by atoms with Gasteiger partial charge in [0.2, 0.25) is 5.88 Å². The third-order valence-electron chi connectivity index (χ3n) is 4.71. The highest BCUT2D eigenvalue weighted by Crippen LogP contribution is 2.30. The lowest BCUT2D eigenvalue weighted by Gasteiger charge is -2.22. The van der Waals surface area contributed by atoms with Crippen LogP contribution in [0.5, 0.6) is 5.88 Å². The van der Waals surface area contributed by atoms with E-state index in [4.69, 9.17) is 25.9 Å². The van der Waals surface area contributed by atoms with Crippen molar-refractivity contribution >= 4 is 29.3 Å². The Kier molecular flexibility index (Phi) is 6.95. The number of carbonyl (C=O) groups is 1. The zero-order chi connectivity index (χ0) is 20.8. The van der Waals surface area contributed by atoms with Crippen LogP contribution in [0.2, 0.25) is 5.02 Å². The minimum Gasteiger partial charge on any atom is -0.504 e. The second-order valence-electron chi connectivity index (χ2n) is 6.56. The molecule has 0 saturated carbocycles. The number of amides is 1. The molecule has 1 aliphatic rings. The third kappa shape index (κ3) is 4.99. The fraction of sp³-hybridized carbons (Fsp3) is 0.333.